The van der Waals surface area contributed by atoms with Crippen molar-refractivity contribution in [3.05, 3.63) is 59.7 Å². The van der Waals surface area contributed by atoms with Crippen molar-refractivity contribution in [1.29, 1.82) is 0 Å². The van der Waals surface area contributed by atoms with Gasteiger partial charge in [-0.15, -0.1) is 0 Å². The molecule has 2 nitrogen and oxygen atoms in total. The third kappa shape index (κ3) is 2.58. The standard InChI is InChI=1S/C17H20N2/c1-14-6-2-5-9-17(14)19-12-10-15-7-3-4-8-16(15)18-11-13-19/h2-9,18H,10-13H2,1H3. The number of fused-ring (bicyclic) bond motifs is 1. The van der Waals surface area contributed by atoms with Gasteiger partial charge in [-0.3, -0.25) is 0 Å². The summed E-state index contributed by atoms with van der Waals surface area (Å²) >= 11 is 0. The van der Waals surface area contributed by atoms with Crippen LogP contribution in [0, 0.1) is 6.92 Å². The number of nitrogens with zero attached hydrogens (tertiary/aromatic N) is 1. The van der Waals surface area contributed by atoms with E-state index in [1.54, 1.807) is 0 Å². The lowest BCUT2D eigenvalue weighted by Gasteiger charge is -2.29. The Morgan fingerprint density at radius 3 is 2.63 bits per heavy atom. The van der Waals surface area contributed by atoms with Crippen molar-refractivity contribution in [2.75, 3.05) is 29.9 Å². The molecule has 0 spiro atoms. The van der Waals surface area contributed by atoms with E-state index in [1.165, 1.54) is 22.5 Å². The van der Waals surface area contributed by atoms with Gasteiger partial charge in [0, 0.05) is 31.0 Å². The number of nitrogens with one attached hydrogen (secondary N) is 1. The predicted octanol–water partition coefficient (Wildman–Crippen LogP) is 3.47. The van der Waals surface area contributed by atoms with E-state index in [1.807, 2.05) is 0 Å². The Morgan fingerprint density at radius 2 is 1.74 bits per heavy atom. The molecule has 98 valence electrons. The molecule has 0 unspecified atom stereocenters. The predicted molar refractivity (Wildman–Crippen MR) is 82.0 cm³/mol. The van der Waals surface area contributed by atoms with Crippen LogP contribution in [0.2, 0.25) is 0 Å². The average molecular weight is 252 g/mol. The maximum absolute atomic E-state index is 3.54. The normalized spacial score (nSPS) is 15.1. The Labute approximate surface area is 115 Å². The summed E-state index contributed by atoms with van der Waals surface area (Å²) in [6.07, 6.45) is 1.09. The Hall–Kier alpha value is -1.96. The maximum atomic E-state index is 3.54. The molecule has 0 saturated carbocycles. The highest BCUT2D eigenvalue weighted by atomic mass is 15.1. The number of benzene rings is 2. The zero-order valence-corrected chi connectivity index (χ0v) is 11.4. The first-order valence-corrected chi connectivity index (χ1v) is 6.97. The van der Waals surface area contributed by atoms with Crippen LogP contribution < -0.4 is 10.2 Å². The van der Waals surface area contributed by atoms with Gasteiger partial charge in [0.2, 0.25) is 0 Å². The molecule has 0 radical (unpaired) electrons. The van der Waals surface area contributed by atoms with Crippen LogP contribution in [0.4, 0.5) is 11.4 Å². The van der Waals surface area contributed by atoms with E-state index in [2.05, 4.69) is 65.7 Å². The highest BCUT2D eigenvalue weighted by Gasteiger charge is 2.13. The molecule has 1 aliphatic rings. The van der Waals surface area contributed by atoms with Crippen LogP contribution in [-0.2, 0) is 6.42 Å². The molecular formula is C17H20N2. The second kappa shape index (κ2) is 5.35. The third-order valence-electron chi connectivity index (χ3n) is 3.82. The summed E-state index contributed by atoms with van der Waals surface area (Å²) in [5, 5.41) is 3.54. The minimum absolute atomic E-state index is 0.991. The van der Waals surface area contributed by atoms with Crippen molar-refractivity contribution < 1.29 is 0 Å². The number of para-hydroxylation sites is 2. The summed E-state index contributed by atoms with van der Waals surface area (Å²) in [5.41, 5.74) is 5.44. The van der Waals surface area contributed by atoms with Crippen molar-refractivity contribution in [3.63, 3.8) is 0 Å². The summed E-state index contributed by atoms with van der Waals surface area (Å²) in [5.74, 6) is 0. The molecular weight excluding hydrogens is 232 g/mol. The summed E-state index contributed by atoms with van der Waals surface area (Å²) in [7, 11) is 0. The van der Waals surface area contributed by atoms with Gasteiger partial charge in [-0.05, 0) is 36.6 Å². The summed E-state index contributed by atoms with van der Waals surface area (Å²) < 4.78 is 0. The van der Waals surface area contributed by atoms with E-state index in [0.29, 0.717) is 0 Å². The first-order valence-electron chi connectivity index (χ1n) is 6.97. The van der Waals surface area contributed by atoms with Crippen LogP contribution in [0.1, 0.15) is 11.1 Å². The van der Waals surface area contributed by atoms with Gasteiger partial charge < -0.3 is 10.2 Å². The van der Waals surface area contributed by atoms with E-state index in [9.17, 15) is 0 Å². The molecule has 0 fully saturated rings. The molecule has 0 bridgehead atoms. The monoisotopic (exact) mass is 252 g/mol. The van der Waals surface area contributed by atoms with E-state index < -0.39 is 0 Å². The van der Waals surface area contributed by atoms with E-state index in [0.717, 1.165) is 26.1 Å². The molecule has 2 aromatic carbocycles. The molecule has 0 aromatic heterocycles. The van der Waals surface area contributed by atoms with Crippen molar-refractivity contribution in [2.45, 2.75) is 13.3 Å². The molecule has 1 N–H and O–H groups in total. The lowest BCUT2D eigenvalue weighted by molar-refractivity contribution is 0.772. The minimum Gasteiger partial charge on any atom is -0.383 e. The van der Waals surface area contributed by atoms with Gasteiger partial charge in [-0.2, -0.15) is 0 Å². The molecule has 0 saturated heterocycles. The number of aryl methyl sites for hydroxylation is 1. The van der Waals surface area contributed by atoms with Crippen LogP contribution in [0.25, 0.3) is 0 Å². The fraction of sp³-hybridized carbons (Fsp3) is 0.294. The largest absolute Gasteiger partial charge is 0.383 e. The van der Waals surface area contributed by atoms with Crippen molar-refractivity contribution in [2.24, 2.45) is 0 Å². The number of anilines is 2. The average Bonchev–Trinajstić information content (AvgIpc) is 2.41. The first kappa shape index (κ1) is 12.1. The zero-order valence-electron chi connectivity index (χ0n) is 11.4. The Morgan fingerprint density at radius 1 is 0.947 bits per heavy atom. The molecule has 1 heterocycles. The van der Waals surface area contributed by atoms with Gasteiger partial charge in [-0.25, -0.2) is 0 Å². The van der Waals surface area contributed by atoms with Crippen molar-refractivity contribution in [3.8, 4) is 0 Å². The molecule has 0 aliphatic carbocycles. The second-order valence-electron chi connectivity index (χ2n) is 5.11. The number of hydrogen-bond donors (Lipinski definition) is 1. The highest BCUT2D eigenvalue weighted by Crippen LogP contribution is 2.23. The summed E-state index contributed by atoms with van der Waals surface area (Å²) in [6, 6.07) is 17.3. The third-order valence-corrected chi connectivity index (χ3v) is 3.82. The fourth-order valence-electron chi connectivity index (χ4n) is 2.76. The molecule has 0 amide bonds. The number of rotatable bonds is 1. The minimum atomic E-state index is 0.991. The zero-order chi connectivity index (χ0) is 13.1. The molecule has 3 rings (SSSR count). The molecule has 2 aromatic rings. The topological polar surface area (TPSA) is 15.3 Å². The summed E-state index contributed by atoms with van der Waals surface area (Å²) in [4.78, 5) is 2.48. The Balaban J connectivity index is 1.83. The van der Waals surface area contributed by atoms with Gasteiger partial charge in [-0.1, -0.05) is 36.4 Å². The van der Waals surface area contributed by atoms with Crippen LogP contribution in [-0.4, -0.2) is 19.6 Å². The molecule has 19 heavy (non-hydrogen) atoms. The van der Waals surface area contributed by atoms with Gasteiger partial charge >= 0.3 is 0 Å². The lowest BCUT2D eigenvalue weighted by Crippen LogP contribution is -2.33. The first-order chi connectivity index (χ1) is 9.34. The molecule has 2 heteroatoms. The van der Waals surface area contributed by atoms with Crippen molar-refractivity contribution >= 4 is 11.4 Å². The van der Waals surface area contributed by atoms with Gasteiger partial charge in [0.05, 0.1) is 0 Å². The Kier molecular flexibility index (Phi) is 3.41. The van der Waals surface area contributed by atoms with E-state index in [-0.39, 0.29) is 0 Å². The highest BCUT2D eigenvalue weighted by molar-refractivity contribution is 5.56. The summed E-state index contributed by atoms with van der Waals surface area (Å²) in [6.45, 7) is 5.32. The van der Waals surface area contributed by atoms with Crippen LogP contribution >= 0.6 is 0 Å². The number of hydrogen-bond acceptors (Lipinski definition) is 2. The van der Waals surface area contributed by atoms with Gasteiger partial charge in [0.1, 0.15) is 0 Å². The lowest BCUT2D eigenvalue weighted by atomic mass is 10.1. The fourth-order valence-corrected chi connectivity index (χ4v) is 2.76. The van der Waals surface area contributed by atoms with Crippen LogP contribution in [0.3, 0.4) is 0 Å². The van der Waals surface area contributed by atoms with Gasteiger partial charge in [0.15, 0.2) is 0 Å². The Bertz CT molecular complexity index is 563. The quantitative estimate of drug-likeness (QED) is 0.836. The van der Waals surface area contributed by atoms with E-state index in [4.69, 9.17) is 0 Å². The van der Waals surface area contributed by atoms with Crippen LogP contribution in [0.15, 0.2) is 48.5 Å². The SMILES string of the molecule is Cc1ccccc1N1CCNc2ccccc2CC1. The van der Waals surface area contributed by atoms with E-state index >= 15 is 0 Å². The second-order valence-corrected chi connectivity index (χ2v) is 5.11. The molecule has 1 aliphatic heterocycles. The van der Waals surface area contributed by atoms with Crippen molar-refractivity contribution in [1.82, 2.24) is 0 Å². The van der Waals surface area contributed by atoms with Gasteiger partial charge in [0.25, 0.3) is 0 Å². The maximum Gasteiger partial charge on any atom is 0.0396 e. The molecule has 0 atom stereocenters. The van der Waals surface area contributed by atoms with Crippen LogP contribution in [0.5, 0.6) is 0 Å². The smallest absolute Gasteiger partial charge is 0.0396 e.